The van der Waals surface area contributed by atoms with Crippen molar-refractivity contribution >= 4 is 39.1 Å². The van der Waals surface area contributed by atoms with Gasteiger partial charge >= 0.3 is 39.1 Å². The smallest absolute Gasteiger partial charge is 0.397 e. The van der Waals surface area contributed by atoms with E-state index in [1.54, 1.807) is 6.92 Å². The number of ether oxygens (including phenoxy) is 5. The fourth-order valence-corrected chi connectivity index (χ4v) is 6.04. The lowest BCUT2D eigenvalue weighted by Crippen LogP contribution is -2.62. The molecule has 13 atom stereocenters. The number of carbonyl (C=O) groups is 1. The molecule has 2 saturated heterocycles. The fraction of sp³-hybridized carbons (Fsp3) is 0.941. The van der Waals surface area contributed by atoms with Crippen LogP contribution in [-0.2, 0) is 84.2 Å². The Morgan fingerprint density at radius 1 is 0.974 bits per heavy atom. The van der Waals surface area contributed by atoms with Crippen LogP contribution >= 0.6 is 0 Å². The molecule has 19 nitrogen and oxygen atoms in total. The van der Waals surface area contributed by atoms with Crippen LogP contribution in [0.15, 0.2) is 0 Å². The number of methoxy groups -OCH3 is 2. The number of hydrogen-bond donors (Lipinski definition) is 4. The molecule has 3 rings (SSSR count). The van der Waals surface area contributed by atoms with Gasteiger partial charge in [-0.05, 0) is 6.92 Å². The molecule has 2 heterocycles. The molecule has 0 aromatic carbocycles. The Hall–Kier alpha value is -0.800. The lowest BCUT2D eigenvalue weighted by molar-refractivity contribution is -0.375. The summed E-state index contributed by atoms with van der Waals surface area (Å²) in [5, 5.41) is 9.71. The zero-order valence-corrected chi connectivity index (χ0v) is 23.1. The number of carboxylic acid groups (broad SMARTS) is 1. The first kappa shape index (κ1) is 32.7. The molecule has 1 saturated carbocycles. The number of carboxylic acids is 1. The molecule has 39 heavy (non-hydrogen) atoms. The summed E-state index contributed by atoms with van der Waals surface area (Å²) >= 11 is -5.90. The largest absolute Gasteiger partial charge is 0.479 e. The average Bonchev–Trinajstić information content (AvgIpc) is 3.43. The fourth-order valence-electron chi connectivity index (χ4n) is 5.27. The van der Waals surface area contributed by atoms with Gasteiger partial charge in [0.2, 0.25) is 0 Å². The molecular weight excluding hydrogens is 604 g/mol. The summed E-state index contributed by atoms with van der Waals surface area (Å²) in [4.78, 5) is 21.4. The number of rotatable bonds is 14. The van der Waals surface area contributed by atoms with Gasteiger partial charge in [-0.2, -0.15) is 16.8 Å². The van der Waals surface area contributed by atoms with Crippen molar-refractivity contribution in [3.05, 3.63) is 0 Å². The Morgan fingerprint density at radius 3 is 2.13 bits per heavy atom. The summed E-state index contributed by atoms with van der Waals surface area (Å²) < 4.78 is 113. The van der Waals surface area contributed by atoms with Crippen LogP contribution in [0.3, 0.4) is 0 Å². The molecule has 0 aromatic heterocycles. The highest BCUT2D eigenvalue weighted by atomic mass is 32.3. The van der Waals surface area contributed by atoms with Crippen LogP contribution in [-0.4, -0.2) is 111 Å². The topological polar surface area (TPSA) is 259 Å². The summed E-state index contributed by atoms with van der Waals surface area (Å²) in [6, 6.07) is 0. The van der Waals surface area contributed by atoms with Crippen molar-refractivity contribution in [1.82, 2.24) is 0 Å². The molecule has 0 bridgehead atoms. The van der Waals surface area contributed by atoms with Crippen LogP contribution < -0.4 is 0 Å². The molecule has 4 N–H and O–H groups in total. The predicted octanol–water partition coefficient (Wildman–Crippen LogP) is -1.43. The summed E-state index contributed by atoms with van der Waals surface area (Å²) in [5.74, 6) is -3.05. The molecule has 22 heteroatoms. The first-order chi connectivity index (χ1) is 18.1. The maximum Gasteiger partial charge on any atom is 0.397 e. The normalized spacial score (nSPS) is 41.9. The van der Waals surface area contributed by atoms with Gasteiger partial charge in [0.05, 0.1) is 5.60 Å². The van der Waals surface area contributed by atoms with Gasteiger partial charge < -0.3 is 28.8 Å². The lowest BCUT2D eigenvalue weighted by Gasteiger charge is -2.44. The molecule has 0 spiro atoms. The quantitative estimate of drug-likeness (QED) is 0.0740. The van der Waals surface area contributed by atoms with Crippen LogP contribution in [0.1, 0.15) is 13.8 Å². The van der Waals surface area contributed by atoms with E-state index in [2.05, 4.69) is 13.6 Å². The van der Waals surface area contributed by atoms with Crippen molar-refractivity contribution in [1.29, 1.82) is 0 Å². The van der Waals surface area contributed by atoms with Gasteiger partial charge in [-0.1, -0.05) is 6.92 Å². The maximum absolute atomic E-state index is 11.9. The molecule has 7 unspecified atom stereocenters. The van der Waals surface area contributed by atoms with E-state index in [1.807, 2.05) is 0 Å². The van der Waals surface area contributed by atoms with E-state index in [9.17, 15) is 31.3 Å². The molecule has 0 amide bonds. The Morgan fingerprint density at radius 2 is 1.62 bits per heavy atom. The Kier molecular flexibility index (Phi) is 10.9. The molecule has 0 radical (unpaired) electrons. The van der Waals surface area contributed by atoms with E-state index >= 15 is 0 Å². The number of aliphatic carboxylic acids is 1. The van der Waals surface area contributed by atoms with Gasteiger partial charge in [-0.3, -0.25) is 13.7 Å². The van der Waals surface area contributed by atoms with E-state index in [-0.39, 0.29) is 0 Å². The third-order valence-corrected chi connectivity index (χ3v) is 7.57. The van der Waals surface area contributed by atoms with Gasteiger partial charge in [0.15, 0.2) is 30.9 Å². The summed E-state index contributed by atoms with van der Waals surface area (Å²) in [5.41, 5.74) is -1.37. The van der Waals surface area contributed by atoms with Crippen molar-refractivity contribution in [2.45, 2.75) is 62.5 Å². The zero-order chi connectivity index (χ0) is 29.3. The summed E-state index contributed by atoms with van der Waals surface area (Å²) in [7, 11) is -2.86. The molecule has 3 fully saturated rings. The van der Waals surface area contributed by atoms with Gasteiger partial charge in [-0.15, -0.1) is 8.67 Å². The highest BCUT2D eigenvalue weighted by molar-refractivity contribution is 7.80. The minimum absolute atomic E-state index is 0.420. The standard InChI is InChI=1S/C17H28O19S3/c1-6-8-9(11(14(18)19)31-15(6)28-4)17(8,2)32-16-13(34-39(24,25)26)12(33-36-38(22)23)10(27-3)7(30-16)5-29-35-37(20)21/h6-13,15-16H,5H2,1-4H3,(H,18,19)(H,20,21)(H,22,23)(H,24,25,26)/t6?,7?,8-,9+,10-,11?,12+,13?,15+,16+,17?/m1/s1. The lowest BCUT2D eigenvalue weighted by atomic mass is 9.98. The highest BCUT2D eigenvalue weighted by Crippen LogP contribution is 2.63. The van der Waals surface area contributed by atoms with Crippen molar-refractivity contribution < 1.29 is 86.7 Å². The van der Waals surface area contributed by atoms with Crippen LogP contribution in [0.25, 0.3) is 0 Å². The predicted molar refractivity (Wildman–Crippen MR) is 119 cm³/mol. The Labute approximate surface area is 227 Å². The van der Waals surface area contributed by atoms with E-state index in [1.165, 1.54) is 14.0 Å². The average molecular weight is 633 g/mol. The Balaban J connectivity index is 1.97. The molecular formula is C17H28O19S3. The van der Waals surface area contributed by atoms with Crippen LogP contribution in [0.5, 0.6) is 0 Å². The molecule has 2 aliphatic heterocycles. The first-order valence-corrected chi connectivity index (χ1v) is 14.4. The van der Waals surface area contributed by atoms with Gasteiger partial charge in [-0.25, -0.2) is 18.8 Å². The number of hydrogen-bond acceptors (Lipinski definition) is 15. The van der Waals surface area contributed by atoms with E-state index in [0.29, 0.717) is 0 Å². The highest BCUT2D eigenvalue weighted by Gasteiger charge is 2.74. The third kappa shape index (κ3) is 7.54. The third-order valence-electron chi connectivity index (χ3n) is 6.69. The summed E-state index contributed by atoms with van der Waals surface area (Å²) in [6.45, 7) is 2.54. The van der Waals surface area contributed by atoms with Crippen LogP contribution in [0, 0.1) is 17.8 Å². The molecule has 1 aliphatic carbocycles. The van der Waals surface area contributed by atoms with E-state index in [4.69, 9.17) is 41.9 Å². The molecule has 228 valence electrons. The summed E-state index contributed by atoms with van der Waals surface area (Å²) in [6.07, 6.45) is -10.8. The van der Waals surface area contributed by atoms with Crippen LogP contribution in [0.4, 0.5) is 0 Å². The van der Waals surface area contributed by atoms with Crippen molar-refractivity contribution in [3.8, 4) is 0 Å². The van der Waals surface area contributed by atoms with Crippen molar-refractivity contribution in [2.24, 2.45) is 17.8 Å². The molecule has 0 aromatic rings. The minimum atomic E-state index is -5.27. The SMILES string of the molecule is CO[C@H]1OC(C(=O)O)[C@@H]2[C@@H](C1C)C2(C)O[C@@H]1OC(COOS(=O)O)[C@@H](OC)[C@H](OOS(=O)O)C1OS(=O)(=O)O. The Bertz CT molecular complexity index is 1020. The second kappa shape index (κ2) is 13.0. The second-order valence-corrected chi connectivity index (χ2v) is 11.0. The molecule has 3 aliphatic rings. The van der Waals surface area contributed by atoms with E-state index in [0.717, 1.165) is 7.11 Å². The first-order valence-electron chi connectivity index (χ1n) is 10.9. The van der Waals surface area contributed by atoms with E-state index < -0.39 is 112 Å². The van der Waals surface area contributed by atoms with Crippen molar-refractivity contribution in [2.75, 3.05) is 20.8 Å². The van der Waals surface area contributed by atoms with Gasteiger partial charge in [0.25, 0.3) is 0 Å². The number of fused-ring (bicyclic) bond motifs is 1. The van der Waals surface area contributed by atoms with Gasteiger partial charge in [0, 0.05) is 32.0 Å². The van der Waals surface area contributed by atoms with Gasteiger partial charge in [0.1, 0.15) is 18.8 Å². The zero-order valence-electron chi connectivity index (χ0n) is 20.6. The minimum Gasteiger partial charge on any atom is -0.479 e. The second-order valence-electron chi connectivity index (χ2n) is 8.86. The van der Waals surface area contributed by atoms with Crippen molar-refractivity contribution in [3.63, 3.8) is 0 Å². The van der Waals surface area contributed by atoms with Crippen LogP contribution in [0.2, 0.25) is 0 Å². The monoisotopic (exact) mass is 632 g/mol. The maximum atomic E-state index is 11.9.